The van der Waals surface area contributed by atoms with E-state index in [0.29, 0.717) is 18.5 Å². The summed E-state index contributed by atoms with van der Waals surface area (Å²) in [6.45, 7) is 15.9. The largest absolute Gasteiger partial charge is 0.357 e. The maximum Gasteiger partial charge on any atom is 0.191 e. The van der Waals surface area contributed by atoms with E-state index in [0.717, 1.165) is 29.8 Å². The summed E-state index contributed by atoms with van der Waals surface area (Å²) in [5, 5.41) is 8.04. The summed E-state index contributed by atoms with van der Waals surface area (Å²) < 4.78 is 0. The molecule has 1 atom stereocenters. The summed E-state index contributed by atoms with van der Waals surface area (Å²) in [6, 6.07) is 0.573. The number of nitrogens with one attached hydrogen (secondary N) is 2. The van der Waals surface area contributed by atoms with Crippen molar-refractivity contribution in [3.05, 3.63) is 15.6 Å². The van der Waals surface area contributed by atoms with Gasteiger partial charge in [-0.05, 0) is 52.6 Å². The first-order chi connectivity index (χ1) is 11.5. The van der Waals surface area contributed by atoms with E-state index < -0.39 is 0 Å². The van der Waals surface area contributed by atoms with Gasteiger partial charge in [0.1, 0.15) is 0 Å². The van der Waals surface area contributed by atoms with Crippen LogP contribution in [0.2, 0.25) is 0 Å². The van der Waals surface area contributed by atoms with Crippen molar-refractivity contribution in [2.45, 2.75) is 60.0 Å². The third-order valence-electron chi connectivity index (χ3n) is 4.58. The number of hydrogen-bond donors (Lipinski definition) is 2. The normalized spacial score (nSPS) is 17.5. The number of rotatable bonds is 7. The number of likely N-dealkylation sites (tertiary alicyclic amines) is 1. The van der Waals surface area contributed by atoms with Gasteiger partial charge in [-0.15, -0.1) is 11.3 Å². The molecule has 5 nitrogen and oxygen atoms in total. The van der Waals surface area contributed by atoms with E-state index in [1.165, 1.54) is 30.8 Å². The molecular weight excluding hydrogens is 318 g/mol. The number of aliphatic imine (C=N–C) groups is 1. The second-order valence-electron chi connectivity index (χ2n) is 6.87. The molecule has 0 radical (unpaired) electrons. The average Bonchev–Trinajstić information content (AvgIpc) is 3.14. The molecular formula is C18H33N5S. The minimum absolute atomic E-state index is 0.573. The first kappa shape index (κ1) is 19.2. The molecule has 1 saturated heterocycles. The zero-order valence-corrected chi connectivity index (χ0v) is 16.7. The summed E-state index contributed by atoms with van der Waals surface area (Å²) >= 11 is 1.74. The number of aromatic nitrogens is 1. The van der Waals surface area contributed by atoms with Crippen molar-refractivity contribution in [3.63, 3.8) is 0 Å². The second-order valence-corrected chi connectivity index (χ2v) is 8.16. The van der Waals surface area contributed by atoms with Crippen LogP contribution in [0.3, 0.4) is 0 Å². The minimum atomic E-state index is 0.573. The van der Waals surface area contributed by atoms with E-state index in [2.05, 4.69) is 55.1 Å². The molecule has 0 bridgehead atoms. The standard InChI is InChI=1S/C18H33N5S/c1-6-19-18(21-12-17-14(4)22-15(5)24-17)20-11-16(13(2)3)23-9-7-8-10-23/h13,16H,6-12H2,1-5H3,(H2,19,20,21). The Bertz CT molecular complexity index is 532. The highest BCUT2D eigenvalue weighted by Crippen LogP contribution is 2.18. The van der Waals surface area contributed by atoms with E-state index in [4.69, 9.17) is 4.99 Å². The Morgan fingerprint density at radius 3 is 2.50 bits per heavy atom. The van der Waals surface area contributed by atoms with E-state index in [1.807, 2.05) is 0 Å². The summed E-state index contributed by atoms with van der Waals surface area (Å²) in [6.07, 6.45) is 2.67. The van der Waals surface area contributed by atoms with E-state index in [1.54, 1.807) is 11.3 Å². The van der Waals surface area contributed by atoms with Gasteiger partial charge >= 0.3 is 0 Å². The van der Waals surface area contributed by atoms with E-state index in [-0.39, 0.29) is 0 Å². The van der Waals surface area contributed by atoms with Crippen LogP contribution in [0.15, 0.2) is 4.99 Å². The van der Waals surface area contributed by atoms with Crippen LogP contribution >= 0.6 is 11.3 Å². The van der Waals surface area contributed by atoms with Gasteiger partial charge in [-0.2, -0.15) is 0 Å². The van der Waals surface area contributed by atoms with Crippen LogP contribution in [0.5, 0.6) is 0 Å². The molecule has 2 rings (SSSR count). The SMILES string of the molecule is CCNC(=NCc1sc(C)nc1C)NCC(C(C)C)N1CCCC1. The highest BCUT2D eigenvalue weighted by atomic mass is 32.1. The zero-order chi connectivity index (χ0) is 17.5. The van der Waals surface area contributed by atoms with Gasteiger partial charge in [0.2, 0.25) is 0 Å². The lowest BCUT2D eigenvalue weighted by atomic mass is 10.0. The lowest BCUT2D eigenvalue weighted by molar-refractivity contribution is 0.192. The van der Waals surface area contributed by atoms with Gasteiger partial charge in [-0.1, -0.05) is 13.8 Å². The first-order valence-electron chi connectivity index (χ1n) is 9.20. The highest BCUT2D eigenvalue weighted by molar-refractivity contribution is 7.11. The number of aryl methyl sites for hydroxylation is 2. The van der Waals surface area contributed by atoms with Crippen LogP contribution in [0, 0.1) is 19.8 Å². The maximum absolute atomic E-state index is 4.76. The number of thiazole rings is 1. The van der Waals surface area contributed by atoms with Crippen molar-refractivity contribution in [3.8, 4) is 0 Å². The van der Waals surface area contributed by atoms with E-state index >= 15 is 0 Å². The van der Waals surface area contributed by atoms with Gasteiger partial charge in [0, 0.05) is 24.0 Å². The number of guanidine groups is 1. The Morgan fingerprint density at radius 1 is 1.25 bits per heavy atom. The van der Waals surface area contributed by atoms with Crippen molar-refractivity contribution < 1.29 is 0 Å². The number of nitrogens with zero attached hydrogens (tertiary/aromatic N) is 3. The quantitative estimate of drug-likeness (QED) is 0.586. The van der Waals surface area contributed by atoms with Crippen molar-refractivity contribution in [1.82, 2.24) is 20.5 Å². The summed E-state index contributed by atoms with van der Waals surface area (Å²) in [5.41, 5.74) is 1.11. The molecule has 0 saturated carbocycles. The maximum atomic E-state index is 4.76. The molecule has 1 unspecified atom stereocenters. The molecule has 2 heterocycles. The average molecular weight is 352 g/mol. The molecule has 0 aromatic carbocycles. The van der Waals surface area contributed by atoms with Gasteiger partial charge in [-0.25, -0.2) is 9.98 Å². The summed E-state index contributed by atoms with van der Waals surface area (Å²) in [7, 11) is 0. The van der Waals surface area contributed by atoms with Gasteiger partial charge in [0.05, 0.1) is 17.2 Å². The van der Waals surface area contributed by atoms with Crippen molar-refractivity contribution in [2.75, 3.05) is 26.2 Å². The van der Waals surface area contributed by atoms with Crippen molar-refractivity contribution in [2.24, 2.45) is 10.9 Å². The number of hydrogen-bond acceptors (Lipinski definition) is 4. The fourth-order valence-corrected chi connectivity index (χ4v) is 4.14. The second kappa shape index (κ2) is 9.37. The smallest absolute Gasteiger partial charge is 0.191 e. The van der Waals surface area contributed by atoms with Crippen LogP contribution < -0.4 is 10.6 Å². The Kier molecular flexibility index (Phi) is 7.49. The molecule has 1 aliphatic heterocycles. The van der Waals surface area contributed by atoms with Crippen LogP contribution in [0.4, 0.5) is 0 Å². The fourth-order valence-electron chi connectivity index (χ4n) is 3.27. The van der Waals surface area contributed by atoms with Gasteiger partial charge in [-0.3, -0.25) is 4.90 Å². The minimum Gasteiger partial charge on any atom is -0.357 e. The van der Waals surface area contributed by atoms with Gasteiger partial charge in [0.25, 0.3) is 0 Å². The molecule has 0 amide bonds. The third-order valence-corrected chi connectivity index (χ3v) is 5.64. The molecule has 1 aliphatic rings. The van der Waals surface area contributed by atoms with Gasteiger partial charge in [0.15, 0.2) is 5.96 Å². The van der Waals surface area contributed by atoms with Crippen molar-refractivity contribution in [1.29, 1.82) is 0 Å². The van der Waals surface area contributed by atoms with Crippen LogP contribution in [-0.4, -0.2) is 48.1 Å². The molecule has 0 spiro atoms. The van der Waals surface area contributed by atoms with Crippen LogP contribution in [0.25, 0.3) is 0 Å². The zero-order valence-electron chi connectivity index (χ0n) is 15.9. The molecule has 1 aromatic rings. The predicted octanol–water partition coefficient (Wildman–Crippen LogP) is 2.94. The Morgan fingerprint density at radius 2 is 1.96 bits per heavy atom. The Hall–Kier alpha value is -1.14. The van der Waals surface area contributed by atoms with Crippen LogP contribution in [-0.2, 0) is 6.54 Å². The molecule has 0 aliphatic carbocycles. The summed E-state index contributed by atoms with van der Waals surface area (Å²) in [4.78, 5) is 13.1. The molecule has 24 heavy (non-hydrogen) atoms. The lowest BCUT2D eigenvalue weighted by Gasteiger charge is -2.31. The Labute approximate surface area is 151 Å². The molecule has 1 aromatic heterocycles. The molecule has 6 heteroatoms. The van der Waals surface area contributed by atoms with Crippen LogP contribution in [0.1, 0.15) is 49.2 Å². The monoisotopic (exact) mass is 351 g/mol. The third kappa shape index (κ3) is 5.45. The first-order valence-corrected chi connectivity index (χ1v) is 10.0. The predicted molar refractivity (Wildman–Crippen MR) is 104 cm³/mol. The molecule has 1 fully saturated rings. The lowest BCUT2D eigenvalue weighted by Crippen LogP contribution is -2.48. The van der Waals surface area contributed by atoms with Gasteiger partial charge < -0.3 is 10.6 Å². The highest BCUT2D eigenvalue weighted by Gasteiger charge is 2.24. The molecule has 136 valence electrons. The fraction of sp³-hybridized carbons (Fsp3) is 0.778. The Balaban J connectivity index is 1.96. The topological polar surface area (TPSA) is 52.6 Å². The summed E-state index contributed by atoms with van der Waals surface area (Å²) in [5.74, 6) is 1.55. The van der Waals surface area contributed by atoms with Crippen molar-refractivity contribution >= 4 is 17.3 Å². The van der Waals surface area contributed by atoms with E-state index in [9.17, 15) is 0 Å². The molecule has 2 N–H and O–H groups in total.